The maximum absolute atomic E-state index is 6.13. The van der Waals surface area contributed by atoms with Gasteiger partial charge in [0.05, 0.1) is 30.1 Å². The number of ether oxygens (including phenoxy) is 1. The van der Waals surface area contributed by atoms with Crippen molar-refractivity contribution in [1.82, 2.24) is 15.1 Å². The number of aromatic nitrogens is 2. The number of methoxy groups -OCH3 is 1. The van der Waals surface area contributed by atoms with Crippen molar-refractivity contribution >= 4 is 11.6 Å². The summed E-state index contributed by atoms with van der Waals surface area (Å²) in [5.74, 6) is 0. The van der Waals surface area contributed by atoms with E-state index in [1.165, 1.54) is 12.8 Å². The Bertz CT molecular complexity index is 350. The highest BCUT2D eigenvalue weighted by molar-refractivity contribution is 6.31. The third-order valence-electron chi connectivity index (χ3n) is 3.01. The number of rotatable bonds is 8. The fraction of sp³-hybridized carbons (Fsp3) is 0.750. The summed E-state index contributed by atoms with van der Waals surface area (Å²) in [4.78, 5) is 0. The largest absolute Gasteiger partial charge is 0.383 e. The fourth-order valence-electron chi connectivity index (χ4n) is 1.86. The van der Waals surface area contributed by atoms with E-state index in [0.29, 0.717) is 6.61 Å². The maximum atomic E-state index is 6.13. The summed E-state index contributed by atoms with van der Waals surface area (Å²) in [5, 5.41) is 8.54. The van der Waals surface area contributed by atoms with E-state index in [1.807, 2.05) is 4.68 Å². The van der Waals surface area contributed by atoms with Gasteiger partial charge >= 0.3 is 0 Å². The molecule has 1 aliphatic carbocycles. The van der Waals surface area contributed by atoms with Crippen LogP contribution in [0.4, 0.5) is 0 Å². The summed E-state index contributed by atoms with van der Waals surface area (Å²) >= 11 is 6.13. The molecule has 0 aromatic carbocycles. The van der Waals surface area contributed by atoms with Gasteiger partial charge in [-0.05, 0) is 32.2 Å². The van der Waals surface area contributed by atoms with Crippen LogP contribution in [-0.4, -0.2) is 36.1 Å². The summed E-state index contributed by atoms with van der Waals surface area (Å²) < 4.78 is 7.01. The first kappa shape index (κ1) is 12.9. The second-order valence-electron chi connectivity index (χ2n) is 4.49. The van der Waals surface area contributed by atoms with Gasteiger partial charge in [0.15, 0.2) is 0 Å². The molecule has 1 aromatic heterocycles. The van der Waals surface area contributed by atoms with Crippen molar-refractivity contribution in [2.45, 2.75) is 38.3 Å². The van der Waals surface area contributed by atoms with Crippen LogP contribution < -0.4 is 5.32 Å². The minimum atomic E-state index is 0.672. The number of halogens is 1. The van der Waals surface area contributed by atoms with Crippen LogP contribution in [0, 0.1) is 0 Å². The molecule has 1 aliphatic rings. The number of hydrogen-bond acceptors (Lipinski definition) is 3. The molecule has 0 atom stereocenters. The molecule has 17 heavy (non-hydrogen) atoms. The van der Waals surface area contributed by atoms with E-state index in [9.17, 15) is 0 Å². The van der Waals surface area contributed by atoms with Crippen molar-refractivity contribution in [1.29, 1.82) is 0 Å². The predicted molar refractivity (Wildman–Crippen MR) is 68.5 cm³/mol. The van der Waals surface area contributed by atoms with E-state index in [1.54, 1.807) is 13.3 Å². The molecule has 0 radical (unpaired) electrons. The molecule has 1 N–H and O–H groups in total. The SMILES string of the molecule is COCCn1ncc(Cl)c1CCCNC1CC1. The molecule has 0 bridgehead atoms. The number of nitrogens with zero attached hydrogens (tertiary/aromatic N) is 2. The molecule has 1 saturated carbocycles. The lowest BCUT2D eigenvalue weighted by Gasteiger charge is -2.08. The van der Waals surface area contributed by atoms with Crippen LogP contribution in [0.25, 0.3) is 0 Å². The zero-order valence-corrected chi connectivity index (χ0v) is 11.0. The Kier molecular flexibility index (Phi) is 4.83. The molecular formula is C12H20ClN3O. The Morgan fingerprint density at radius 2 is 2.41 bits per heavy atom. The molecule has 0 amide bonds. The van der Waals surface area contributed by atoms with Gasteiger partial charge in [-0.1, -0.05) is 11.6 Å². The molecule has 1 heterocycles. The predicted octanol–water partition coefficient (Wildman–Crippen LogP) is 1.87. The highest BCUT2D eigenvalue weighted by Gasteiger charge is 2.19. The Morgan fingerprint density at radius 3 is 3.12 bits per heavy atom. The van der Waals surface area contributed by atoms with Gasteiger partial charge in [-0.15, -0.1) is 0 Å². The molecule has 5 heteroatoms. The molecule has 2 rings (SSSR count). The second kappa shape index (κ2) is 6.38. The zero-order chi connectivity index (χ0) is 12.1. The summed E-state index contributed by atoms with van der Waals surface area (Å²) in [6.07, 6.45) is 6.48. The van der Waals surface area contributed by atoms with E-state index in [0.717, 1.165) is 42.7 Å². The summed E-state index contributed by atoms with van der Waals surface area (Å²) in [6.45, 7) is 2.51. The van der Waals surface area contributed by atoms with Crippen LogP contribution in [0.3, 0.4) is 0 Å². The van der Waals surface area contributed by atoms with Crippen molar-refractivity contribution in [2.75, 3.05) is 20.3 Å². The number of nitrogens with one attached hydrogen (secondary N) is 1. The topological polar surface area (TPSA) is 39.1 Å². The van der Waals surface area contributed by atoms with E-state index in [-0.39, 0.29) is 0 Å². The molecule has 0 aliphatic heterocycles. The van der Waals surface area contributed by atoms with Crippen molar-refractivity contribution in [2.24, 2.45) is 0 Å². The minimum Gasteiger partial charge on any atom is -0.383 e. The Balaban J connectivity index is 1.77. The van der Waals surface area contributed by atoms with Gasteiger partial charge in [-0.25, -0.2) is 0 Å². The van der Waals surface area contributed by atoms with Crippen molar-refractivity contribution in [3.05, 3.63) is 16.9 Å². The van der Waals surface area contributed by atoms with E-state index >= 15 is 0 Å². The fourth-order valence-corrected chi connectivity index (χ4v) is 2.09. The minimum absolute atomic E-state index is 0.672. The van der Waals surface area contributed by atoms with Crippen molar-refractivity contribution in [3.8, 4) is 0 Å². The average Bonchev–Trinajstić information content (AvgIpc) is 3.08. The van der Waals surface area contributed by atoms with E-state index < -0.39 is 0 Å². The first-order valence-corrected chi connectivity index (χ1v) is 6.61. The van der Waals surface area contributed by atoms with Gasteiger partial charge in [0.25, 0.3) is 0 Å². The molecular weight excluding hydrogens is 238 g/mol. The van der Waals surface area contributed by atoms with E-state index in [2.05, 4.69) is 10.4 Å². The van der Waals surface area contributed by atoms with Gasteiger partial charge in [-0.3, -0.25) is 4.68 Å². The van der Waals surface area contributed by atoms with Crippen LogP contribution >= 0.6 is 11.6 Å². The van der Waals surface area contributed by atoms with Crippen molar-refractivity contribution < 1.29 is 4.74 Å². The van der Waals surface area contributed by atoms with Gasteiger partial charge < -0.3 is 10.1 Å². The van der Waals surface area contributed by atoms with E-state index in [4.69, 9.17) is 16.3 Å². The summed E-state index contributed by atoms with van der Waals surface area (Å²) in [6, 6.07) is 0.781. The second-order valence-corrected chi connectivity index (χ2v) is 4.89. The molecule has 1 aromatic rings. The summed E-state index contributed by atoms with van der Waals surface area (Å²) in [5.41, 5.74) is 1.13. The quantitative estimate of drug-likeness (QED) is 0.723. The Hall–Kier alpha value is -0.580. The Morgan fingerprint density at radius 1 is 1.59 bits per heavy atom. The van der Waals surface area contributed by atoms with Gasteiger partial charge in [0, 0.05) is 13.2 Å². The van der Waals surface area contributed by atoms with Gasteiger partial charge in [-0.2, -0.15) is 5.10 Å². The Labute approximate surface area is 107 Å². The van der Waals surface area contributed by atoms with Gasteiger partial charge in [0.1, 0.15) is 0 Å². The smallest absolute Gasteiger partial charge is 0.0817 e. The average molecular weight is 258 g/mol. The summed E-state index contributed by atoms with van der Waals surface area (Å²) in [7, 11) is 1.70. The monoisotopic (exact) mass is 257 g/mol. The molecule has 96 valence electrons. The standard InChI is InChI=1S/C12H20ClN3O/c1-17-8-7-16-12(11(13)9-15-16)3-2-6-14-10-4-5-10/h9-10,14H,2-8H2,1H3. The highest BCUT2D eigenvalue weighted by Crippen LogP contribution is 2.19. The zero-order valence-electron chi connectivity index (χ0n) is 10.3. The van der Waals surface area contributed by atoms with Crippen molar-refractivity contribution in [3.63, 3.8) is 0 Å². The normalized spacial score (nSPS) is 15.4. The highest BCUT2D eigenvalue weighted by atomic mass is 35.5. The maximum Gasteiger partial charge on any atom is 0.0817 e. The number of hydrogen-bond donors (Lipinski definition) is 1. The molecule has 0 unspecified atom stereocenters. The lowest BCUT2D eigenvalue weighted by Crippen LogP contribution is -2.18. The lowest BCUT2D eigenvalue weighted by molar-refractivity contribution is 0.182. The third kappa shape index (κ3) is 3.98. The van der Waals surface area contributed by atoms with Crippen LogP contribution in [0.2, 0.25) is 5.02 Å². The van der Waals surface area contributed by atoms with Crippen LogP contribution in [0.1, 0.15) is 25.0 Å². The van der Waals surface area contributed by atoms with Crippen LogP contribution in [0.15, 0.2) is 6.20 Å². The third-order valence-corrected chi connectivity index (χ3v) is 3.32. The lowest BCUT2D eigenvalue weighted by atomic mass is 10.2. The van der Waals surface area contributed by atoms with Crippen LogP contribution in [-0.2, 0) is 17.7 Å². The molecule has 0 saturated heterocycles. The molecule has 4 nitrogen and oxygen atoms in total. The molecule has 0 spiro atoms. The molecule has 1 fully saturated rings. The first-order valence-electron chi connectivity index (χ1n) is 6.23. The first-order chi connectivity index (χ1) is 8.31. The van der Waals surface area contributed by atoms with Crippen LogP contribution in [0.5, 0.6) is 0 Å². The van der Waals surface area contributed by atoms with Gasteiger partial charge in [0.2, 0.25) is 0 Å².